The van der Waals surface area contributed by atoms with Crippen molar-refractivity contribution in [1.29, 1.82) is 0 Å². The van der Waals surface area contributed by atoms with Crippen molar-refractivity contribution in [2.45, 2.75) is 20.0 Å². The van der Waals surface area contributed by atoms with Crippen LogP contribution in [0.15, 0.2) is 52.9 Å². The van der Waals surface area contributed by atoms with Crippen LogP contribution < -0.4 is 5.32 Å². The summed E-state index contributed by atoms with van der Waals surface area (Å²) in [4.78, 5) is 11.4. The first-order chi connectivity index (χ1) is 13.4. The van der Waals surface area contributed by atoms with Gasteiger partial charge in [-0.25, -0.2) is 4.79 Å². The number of hydrogen-bond donors (Lipinski definition) is 1. The summed E-state index contributed by atoms with van der Waals surface area (Å²) in [7, 11) is 1.19. The number of benzene rings is 2. The first kappa shape index (κ1) is 20.9. The summed E-state index contributed by atoms with van der Waals surface area (Å²) in [5.74, 6) is -0.996. The molecular formula is C19H18F3N3O3. The Hall–Kier alpha value is -3.36. The minimum Gasteiger partial charge on any atom is -0.462 e. The lowest BCUT2D eigenvalue weighted by Gasteiger charge is -2.11. The molecule has 1 heterocycles. The van der Waals surface area contributed by atoms with Crippen LogP contribution in [0.25, 0.3) is 11.5 Å². The molecule has 0 aliphatic heterocycles. The number of rotatable bonds is 4. The molecule has 3 aromatic rings. The van der Waals surface area contributed by atoms with Crippen LogP contribution in [0.1, 0.15) is 30.1 Å². The number of aromatic nitrogens is 2. The lowest BCUT2D eigenvalue weighted by molar-refractivity contribution is -0.137. The molecule has 0 fully saturated rings. The zero-order chi connectivity index (χ0) is 20.7. The molecule has 0 aliphatic carbocycles. The van der Waals surface area contributed by atoms with Crippen molar-refractivity contribution in [1.82, 2.24) is 10.2 Å². The first-order valence-corrected chi connectivity index (χ1v) is 8.34. The zero-order valence-corrected chi connectivity index (χ0v) is 15.4. The van der Waals surface area contributed by atoms with E-state index in [-0.39, 0.29) is 11.8 Å². The molecule has 0 spiro atoms. The second-order valence-corrected chi connectivity index (χ2v) is 5.15. The van der Waals surface area contributed by atoms with Gasteiger partial charge in [0.15, 0.2) is 0 Å². The molecule has 148 valence electrons. The fraction of sp³-hybridized carbons (Fsp3) is 0.211. The van der Waals surface area contributed by atoms with E-state index >= 15 is 0 Å². The third-order valence-corrected chi connectivity index (χ3v) is 3.43. The van der Waals surface area contributed by atoms with Gasteiger partial charge in [-0.3, -0.25) is 0 Å². The Morgan fingerprint density at radius 2 is 1.68 bits per heavy atom. The molecule has 0 bridgehead atoms. The van der Waals surface area contributed by atoms with Crippen LogP contribution in [-0.2, 0) is 10.9 Å². The molecule has 28 heavy (non-hydrogen) atoms. The van der Waals surface area contributed by atoms with Crippen molar-refractivity contribution in [3.05, 3.63) is 60.0 Å². The molecule has 3 rings (SSSR count). The number of nitrogens with zero attached hydrogens (tertiary/aromatic N) is 2. The van der Waals surface area contributed by atoms with Gasteiger partial charge in [0.25, 0.3) is 5.89 Å². The number of halogens is 3. The van der Waals surface area contributed by atoms with Gasteiger partial charge in [-0.15, -0.1) is 10.2 Å². The van der Waals surface area contributed by atoms with Gasteiger partial charge in [-0.2, -0.15) is 13.2 Å². The maximum absolute atomic E-state index is 12.6. The second-order valence-electron chi connectivity index (χ2n) is 5.15. The normalized spacial score (nSPS) is 10.6. The third-order valence-electron chi connectivity index (χ3n) is 3.43. The van der Waals surface area contributed by atoms with E-state index in [4.69, 9.17) is 4.42 Å². The van der Waals surface area contributed by atoms with Crippen LogP contribution >= 0.6 is 0 Å². The monoisotopic (exact) mass is 393 g/mol. The fourth-order valence-electron chi connectivity index (χ4n) is 2.18. The summed E-state index contributed by atoms with van der Waals surface area (Å²) >= 11 is 0. The van der Waals surface area contributed by atoms with Crippen molar-refractivity contribution in [3.8, 4) is 11.5 Å². The minimum absolute atomic E-state index is 0.0698. The molecule has 2 aromatic carbocycles. The molecule has 0 unspecified atom stereocenters. The predicted molar refractivity (Wildman–Crippen MR) is 97.1 cm³/mol. The largest absolute Gasteiger partial charge is 0.462 e. The van der Waals surface area contributed by atoms with Crippen LogP contribution in [0.2, 0.25) is 0 Å². The van der Waals surface area contributed by atoms with E-state index < -0.39 is 17.7 Å². The van der Waals surface area contributed by atoms with Crippen molar-refractivity contribution in [2.24, 2.45) is 0 Å². The Kier molecular flexibility index (Phi) is 6.75. The molecule has 0 aliphatic rings. The van der Waals surface area contributed by atoms with E-state index in [0.29, 0.717) is 16.9 Å². The van der Waals surface area contributed by atoms with Crippen LogP contribution in [0.3, 0.4) is 0 Å². The molecule has 0 saturated carbocycles. The van der Waals surface area contributed by atoms with Crippen molar-refractivity contribution in [2.75, 3.05) is 12.4 Å². The van der Waals surface area contributed by atoms with Crippen LogP contribution in [0, 0.1) is 0 Å². The molecule has 1 aromatic heterocycles. The highest BCUT2D eigenvalue weighted by Gasteiger charge is 2.30. The zero-order valence-electron chi connectivity index (χ0n) is 15.4. The van der Waals surface area contributed by atoms with Gasteiger partial charge in [-0.1, -0.05) is 26.0 Å². The van der Waals surface area contributed by atoms with E-state index in [2.05, 4.69) is 20.3 Å². The summed E-state index contributed by atoms with van der Waals surface area (Å²) in [5, 5.41) is 10.4. The average Bonchev–Trinajstić information content (AvgIpc) is 3.19. The van der Waals surface area contributed by atoms with Crippen molar-refractivity contribution < 1.29 is 27.1 Å². The smallest absolute Gasteiger partial charge is 0.416 e. The van der Waals surface area contributed by atoms with Crippen LogP contribution in [-0.4, -0.2) is 23.3 Å². The number of methoxy groups -OCH3 is 1. The Morgan fingerprint density at radius 1 is 1.04 bits per heavy atom. The minimum atomic E-state index is -4.40. The quantitative estimate of drug-likeness (QED) is 0.605. The lowest BCUT2D eigenvalue weighted by Crippen LogP contribution is -2.04. The van der Waals surface area contributed by atoms with Gasteiger partial charge in [0.2, 0.25) is 0 Å². The maximum atomic E-state index is 12.6. The number of esters is 1. The molecule has 6 nitrogen and oxygen atoms in total. The summed E-state index contributed by atoms with van der Waals surface area (Å²) in [5.41, 5.74) is 0.705. The second kappa shape index (κ2) is 9.03. The van der Waals surface area contributed by atoms with Gasteiger partial charge in [-0.05, 0) is 36.4 Å². The summed E-state index contributed by atoms with van der Waals surface area (Å²) in [6.45, 7) is 4.00. The number of carbonyl (C=O) groups excluding carboxylic acids is 1. The Morgan fingerprint density at radius 3 is 2.29 bits per heavy atom. The van der Waals surface area contributed by atoms with Crippen molar-refractivity contribution in [3.63, 3.8) is 0 Å². The van der Waals surface area contributed by atoms with E-state index in [9.17, 15) is 18.0 Å². The van der Waals surface area contributed by atoms with Crippen molar-refractivity contribution >= 4 is 17.3 Å². The van der Waals surface area contributed by atoms with Gasteiger partial charge >= 0.3 is 18.0 Å². The van der Waals surface area contributed by atoms with Gasteiger partial charge in [0, 0.05) is 5.69 Å². The number of alkyl halides is 3. The van der Waals surface area contributed by atoms with Gasteiger partial charge < -0.3 is 14.5 Å². The molecule has 0 radical (unpaired) electrons. The maximum Gasteiger partial charge on any atom is 0.416 e. The summed E-state index contributed by atoms with van der Waals surface area (Å²) in [6.07, 6.45) is -4.40. The highest BCUT2D eigenvalue weighted by atomic mass is 19.4. The molecular weight excluding hydrogens is 375 g/mol. The summed E-state index contributed by atoms with van der Waals surface area (Å²) in [6, 6.07) is 11.4. The Bertz CT molecular complexity index is 922. The molecule has 1 N–H and O–H groups in total. The molecule has 0 amide bonds. The number of hydrogen-bond acceptors (Lipinski definition) is 6. The predicted octanol–water partition coefficient (Wildman–Crippen LogP) is 5.31. The SMILES string of the molecule is CC.COC(=O)c1nnc(-c2ccccc2Nc2ccc(C(F)(F)F)cc2)o1. The lowest BCUT2D eigenvalue weighted by atomic mass is 10.1. The first-order valence-electron chi connectivity index (χ1n) is 8.34. The Balaban J connectivity index is 0.00000136. The average molecular weight is 393 g/mol. The fourth-order valence-corrected chi connectivity index (χ4v) is 2.18. The van der Waals surface area contributed by atoms with Crippen LogP contribution in [0.4, 0.5) is 24.5 Å². The topological polar surface area (TPSA) is 77.2 Å². The molecule has 0 atom stereocenters. The molecule has 0 saturated heterocycles. The molecule has 9 heteroatoms. The summed E-state index contributed by atoms with van der Waals surface area (Å²) < 4.78 is 47.7. The number of anilines is 2. The van der Waals surface area contributed by atoms with E-state index in [0.717, 1.165) is 12.1 Å². The number of nitrogens with one attached hydrogen (secondary N) is 1. The Labute approximate surface area is 159 Å². The number of para-hydroxylation sites is 1. The number of carbonyl (C=O) groups is 1. The van der Waals surface area contributed by atoms with E-state index in [1.807, 2.05) is 13.8 Å². The highest BCUT2D eigenvalue weighted by Crippen LogP contribution is 2.32. The van der Waals surface area contributed by atoms with Gasteiger partial charge in [0.05, 0.1) is 23.9 Å². The van der Waals surface area contributed by atoms with Crippen LogP contribution in [0.5, 0.6) is 0 Å². The third kappa shape index (κ3) is 4.87. The van der Waals surface area contributed by atoms with E-state index in [1.165, 1.54) is 19.2 Å². The van der Waals surface area contributed by atoms with E-state index in [1.54, 1.807) is 24.3 Å². The number of ether oxygens (including phenoxy) is 1. The highest BCUT2D eigenvalue weighted by molar-refractivity contribution is 5.84. The standard InChI is InChI=1S/C17H12F3N3O3.C2H6/c1-25-16(24)15-23-22-14(26-15)12-4-2-3-5-13(12)21-11-8-6-10(7-9-11)17(18,19)20;1-2/h2-9,21H,1H3;1-2H3. The van der Waals surface area contributed by atoms with Gasteiger partial charge in [0.1, 0.15) is 0 Å².